The van der Waals surface area contributed by atoms with Crippen molar-refractivity contribution in [2.45, 2.75) is 43.5 Å². The monoisotopic (exact) mass is 460 g/mol. The minimum absolute atomic E-state index is 0.0336. The summed E-state index contributed by atoms with van der Waals surface area (Å²) in [5, 5.41) is 0. The second-order valence-corrected chi connectivity index (χ2v) is 10.3. The maximum absolute atomic E-state index is 13.3. The summed E-state index contributed by atoms with van der Waals surface area (Å²) < 4.78 is 46.2. The van der Waals surface area contributed by atoms with E-state index in [-0.39, 0.29) is 28.6 Å². The van der Waals surface area contributed by atoms with Crippen molar-refractivity contribution in [3.05, 3.63) is 59.9 Å². The Morgan fingerprint density at radius 2 is 1.66 bits per heavy atom. The average Bonchev–Trinajstić information content (AvgIpc) is 3.30. The van der Waals surface area contributed by atoms with Gasteiger partial charge in [0.2, 0.25) is 15.9 Å². The normalized spacial score (nSPS) is 20.4. The first-order valence-corrected chi connectivity index (χ1v) is 12.6. The van der Waals surface area contributed by atoms with E-state index < -0.39 is 10.0 Å². The van der Waals surface area contributed by atoms with E-state index in [1.807, 2.05) is 11.8 Å². The zero-order valence-corrected chi connectivity index (χ0v) is 19.1. The lowest BCUT2D eigenvalue weighted by Gasteiger charge is -2.34. The van der Waals surface area contributed by atoms with Crippen molar-refractivity contribution in [3.8, 4) is 5.75 Å². The van der Waals surface area contributed by atoms with Crippen LogP contribution in [0.5, 0.6) is 5.75 Å². The minimum Gasteiger partial charge on any atom is -0.494 e. The summed E-state index contributed by atoms with van der Waals surface area (Å²) in [4.78, 5) is 15.4. The van der Waals surface area contributed by atoms with E-state index in [2.05, 4.69) is 0 Å². The fourth-order valence-electron chi connectivity index (χ4n) is 4.66. The summed E-state index contributed by atoms with van der Waals surface area (Å²) >= 11 is 0. The standard InChI is InChI=1S/C24H29FN2O4S/c1-2-31-21-9-11-22(12-10-21)32(29,30)26-16-13-19(14-17-26)24(28)27-15-3-4-23(27)18-5-7-20(25)8-6-18/h5-12,19,23H,2-4,13-17H2,1H3. The van der Waals surface area contributed by atoms with Crippen LogP contribution in [-0.2, 0) is 14.8 Å². The van der Waals surface area contributed by atoms with E-state index in [4.69, 9.17) is 4.74 Å². The highest BCUT2D eigenvalue weighted by atomic mass is 32.2. The van der Waals surface area contributed by atoms with Crippen molar-refractivity contribution in [1.82, 2.24) is 9.21 Å². The molecule has 2 aromatic carbocycles. The largest absolute Gasteiger partial charge is 0.494 e. The maximum Gasteiger partial charge on any atom is 0.243 e. The molecule has 6 nitrogen and oxygen atoms in total. The minimum atomic E-state index is -3.60. The smallest absolute Gasteiger partial charge is 0.243 e. The van der Waals surface area contributed by atoms with Gasteiger partial charge in [-0.25, -0.2) is 12.8 Å². The number of halogens is 1. The SMILES string of the molecule is CCOc1ccc(S(=O)(=O)N2CCC(C(=O)N3CCCC3c3ccc(F)cc3)CC2)cc1. The van der Waals surface area contributed by atoms with Gasteiger partial charge in [0.05, 0.1) is 17.5 Å². The molecule has 2 aliphatic rings. The molecule has 2 aliphatic heterocycles. The van der Waals surface area contributed by atoms with Gasteiger partial charge >= 0.3 is 0 Å². The molecule has 0 N–H and O–H groups in total. The molecule has 8 heteroatoms. The Morgan fingerprint density at radius 3 is 2.28 bits per heavy atom. The molecule has 2 heterocycles. The van der Waals surface area contributed by atoms with Gasteiger partial charge in [-0.15, -0.1) is 0 Å². The molecule has 172 valence electrons. The molecular weight excluding hydrogens is 431 g/mol. The summed E-state index contributed by atoms with van der Waals surface area (Å²) in [6.07, 6.45) is 2.78. The Balaban J connectivity index is 1.39. The van der Waals surface area contributed by atoms with Gasteiger partial charge in [-0.2, -0.15) is 4.31 Å². The molecule has 0 aromatic heterocycles. The summed E-state index contributed by atoms with van der Waals surface area (Å²) in [5.74, 6) is 0.237. The van der Waals surface area contributed by atoms with Crippen LogP contribution in [0.4, 0.5) is 4.39 Å². The van der Waals surface area contributed by atoms with Gasteiger partial charge in [0.1, 0.15) is 11.6 Å². The van der Waals surface area contributed by atoms with Gasteiger partial charge in [0, 0.05) is 25.6 Å². The second-order valence-electron chi connectivity index (χ2n) is 8.32. The number of carbonyl (C=O) groups excluding carboxylic acids is 1. The average molecular weight is 461 g/mol. The summed E-state index contributed by atoms with van der Waals surface area (Å²) in [7, 11) is -3.60. The maximum atomic E-state index is 13.3. The van der Waals surface area contributed by atoms with E-state index in [9.17, 15) is 17.6 Å². The molecular formula is C24H29FN2O4S. The molecule has 2 aromatic rings. The summed E-state index contributed by atoms with van der Waals surface area (Å²) in [5.41, 5.74) is 0.952. The molecule has 0 saturated carbocycles. The molecule has 4 rings (SSSR count). The van der Waals surface area contributed by atoms with E-state index in [0.29, 0.717) is 44.8 Å². The lowest BCUT2D eigenvalue weighted by molar-refractivity contribution is -0.137. The van der Waals surface area contributed by atoms with Crippen molar-refractivity contribution in [2.75, 3.05) is 26.2 Å². The van der Waals surface area contributed by atoms with Gasteiger partial charge in [-0.3, -0.25) is 4.79 Å². The molecule has 1 unspecified atom stereocenters. The first-order valence-electron chi connectivity index (χ1n) is 11.2. The van der Waals surface area contributed by atoms with Crippen LogP contribution in [0.2, 0.25) is 0 Å². The molecule has 0 radical (unpaired) electrons. The van der Waals surface area contributed by atoms with Crippen molar-refractivity contribution < 1.29 is 22.3 Å². The zero-order valence-electron chi connectivity index (χ0n) is 18.2. The zero-order chi connectivity index (χ0) is 22.7. The lowest BCUT2D eigenvalue weighted by Crippen LogP contribution is -2.44. The first kappa shape index (κ1) is 22.7. The molecule has 0 bridgehead atoms. The number of rotatable bonds is 6. The fourth-order valence-corrected chi connectivity index (χ4v) is 6.13. The fraction of sp³-hybridized carbons (Fsp3) is 0.458. The highest BCUT2D eigenvalue weighted by Gasteiger charge is 2.37. The Bertz CT molecular complexity index is 1030. The lowest BCUT2D eigenvalue weighted by atomic mass is 9.95. The number of amides is 1. The number of nitrogens with zero attached hydrogens (tertiary/aromatic N) is 2. The predicted molar refractivity (Wildman–Crippen MR) is 119 cm³/mol. The second kappa shape index (κ2) is 9.58. The molecule has 2 saturated heterocycles. The van der Waals surface area contributed by atoms with Crippen molar-refractivity contribution in [3.63, 3.8) is 0 Å². The van der Waals surface area contributed by atoms with Crippen LogP contribution in [0.1, 0.15) is 44.2 Å². The topological polar surface area (TPSA) is 66.9 Å². The number of benzene rings is 2. The molecule has 2 fully saturated rings. The van der Waals surface area contributed by atoms with E-state index in [1.54, 1.807) is 36.4 Å². The van der Waals surface area contributed by atoms with Crippen LogP contribution >= 0.6 is 0 Å². The van der Waals surface area contributed by atoms with Gasteiger partial charge < -0.3 is 9.64 Å². The molecule has 0 spiro atoms. The van der Waals surface area contributed by atoms with Crippen molar-refractivity contribution in [2.24, 2.45) is 5.92 Å². The Labute approximate surface area is 189 Å². The van der Waals surface area contributed by atoms with Crippen LogP contribution in [0.25, 0.3) is 0 Å². The van der Waals surface area contributed by atoms with Crippen LogP contribution < -0.4 is 4.74 Å². The van der Waals surface area contributed by atoms with Gasteiger partial charge in [-0.1, -0.05) is 12.1 Å². The van der Waals surface area contributed by atoms with Gasteiger partial charge in [-0.05, 0) is 74.6 Å². The number of hydrogen-bond acceptors (Lipinski definition) is 4. The van der Waals surface area contributed by atoms with Crippen LogP contribution in [-0.4, -0.2) is 49.8 Å². The molecule has 1 atom stereocenters. The van der Waals surface area contributed by atoms with Gasteiger partial charge in [0.15, 0.2) is 0 Å². The third-order valence-electron chi connectivity index (χ3n) is 6.37. The quantitative estimate of drug-likeness (QED) is 0.654. The summed E-state index contributed by atoms with van der Waals surface area (Å²) in [6, 6.07) is 12.8. The highest BCUT2D eigenvalue weighted by molar-refractivity contribution is 7.89. The number of likely N-dealkylation sites (tertiary alicyclic amines) is 1. The van der Waals surface area contributed by atoms with E-state index in [0.717, 1.165) is 18.4 Å². The van der Waals surface area contributed by atoms with Crippen LogP contribution in [0.15, 0.2) is 53.4 Å². The van der Waals surface area contributed by atoms with E-state index in [1.165, 1.54) is 16.4 Å². The third-order valence-corrected chi connectivity index (χ3v) is 8.28. The first-order chi connectivity index (χ1) is 15.4. The van der Waals surface area contributed by atoms with E-state index >= 15 is 0 Å². The Hall–Kier alpha value is -2.45. The number of sulfonamides is 1. The van der Waals surface area contributed by atoms with Crippen molar-refractivity contribution in [1.29, 1.82) is 0 Å². The van der Waals surface area contributed by atoms with Crippen LogP contribution in [0, 0.1) is 11.7 Å². The molecule has 1 amide bonds. The number of ether oxygens (including phenoxy) is 1. The molecule has 32 heavy (non-hydrogen) atoms. The highest BCUT2D eigenvalue weighted by Crippen LogP contribution is 2.35. The third kappa shape index (κ3) is 4.66. The number of piperidine rings is 1. The van der Waals surface area contributed by atoms with Gasteiger partial charge in [0.25, 0.3) is 0 Å². The Morgan fingerprint density at radius 1 is 1.00 bits per heavy atom. The molecule has 0 aliphatic carbocycles. The van der Waals surface area contributed by atoms with Crippen LogP contribution in [0.3, 0.4) is 0 Å². The predicted octanol–water partition coefficient (Wildman–Crippen LogP) is 3.99. The number of hydrogen-bond donors (Lipinski definition) is 0. The van der Waals surface area contributed by atoms with Crippen molar-refractivity contribution >= 4 is 15.9 Å². The Kier molecular flexibility index (Phi) is 6.81. The summed E-state index contributed by atoms with van der Waals surface area (Å²) in [6.45, 7) is 3.72. The number of carbonyl (C=O) groups is 1.